The van der Waals surface area contributed by atoms with E-state index in [9.17, 15) is 0 Å². The Labute approximate surface area is 122 Å². The van der Waals surface area contributed by atoms with Crippen LogP contribution in [0.2, 0.25) is 0 Å². The lowest BCUT2D eigenvalue weighted by molar-refractivity contribution is 0.312. The first-order valence-corrected chi connectivity index (χ1v) is 7.33. The summed E-state index contributed by atoms with van der Waals surface area (Å²) in [5, 5.41) is 6.18. The van der Waals surface area contributed by atoms with E-state index >= 15 is 0 Å². The zero-order chi connectivity index (χ0) is 14.5. The topological polar surface area (TPSA) is 72.0 Å². The van der Waals surface area contributed by atoms with Gasteiger partial charge in [0.15, 0.2) is 0 Å². The van der Waals surface area contributed by atoms with E-state index in [2.05, 4.69) is 51.6 Å². The molecule has 0 amide bonds. The lowest BCUT2D eigenvalue weighted by atomic mass is 10.3. The summed E-state index contributed by atoms with van der Waals surface area (Å²) >= 11 is 1.76. The molecule has 0 aliphatic carbocycles. The minimum Gasteiger partial charge on any atom is -0.464 e. The summed E-state index contributed by atoms with van der Waals surface area (Å²) in [5.74, 6) is 0.992. The summed E-state index contributed by atoms with van der Waals surface area (Å²) in [5.41, 5.74) is 0. The number of hydrogen-bond donors (Lipinski definition) is 2. The molecule has 0 spiro atoms. The highest BCUT2D eigenvalue weighted by molar-refractivity contribution is 7.12. The first-order chi connectivity index (χ1) is 9.62. The van der Waals surface area contributed by atoms with Crippen LogP contribution in [0.5, 0.6) is 6.01 Å². The van der Waals surface area contributed by atoms with E-state index in [-0.39, 0.29) is 6.04 Å². The number of thiophene rings is 1. The van der Waals surface area contributed by atoms with Crippen molar-refractivity contribution in [2.45, 2.75) is 26.8 Å². The van der Waals surface area contributed by atoms with Gasteiger partial charge in [0.25, 0.3) is 0 Å². The average molecular weight is 293 g/mol. The number of hydrogen-bond acceptors (Lipinski definition) is 7. The van der Waals surface area contributed by atoms with E-state index in [1.807, 2.05) is 6.92 Å². The largest absolute Gasteiger partial charge is 0.464 e. The van der Waals surface area contributed by atoms with E-state index in [1.165, 1.54) is 9.75 Å². The Morgan fingerprint density at radius 3 is 2.60 bits per heavy atom. The van der Waals surface area contributed by atoms with Gasteiger partial charge >= 0.3 is 6.01 Å². The first-order valence-electron chi connectivity index (χ1n) is 6.52. The van der Waals surface area contributed by atoms with Crippen LogP contribution in [0.15, 0.2) is 12.1 Å². The summed E-state index contributed by atoms with van der Waals surface area (Å²) in [7, 11) is 1.76. The molecule has 2 heterocycles. The number of anilines is 2. The van der Waals surface area contributed by atoms with Crippen LogP contribution in [0.1, 0.15) is 29.6 Å². The van der Waals surface area contributed by atoms with Crippen molar-refractivity contribution < 1.29 is 4.74 Å². The van der Waals surface area contributed by atoms with E-state index in [4.69, 9.17) is 4.74 Å². The molecular weight excluding hydrogens is 274 g/mol. The molecule has 0 saturated carbocycles. The first kappa shape index (κ1) is 14.5. The summed E-state index contributed by atoms with van der Waals surface area (Å²) in [6, 6.07) is 4.68. The molecule has 2 N–H and O–H groups in total. The molecule has 108 valence electrons. The number of aryl methyl sites for hydroxylation is 1. The van der Waals surface area contributed by atoms with Crippen LogP contribution in [0.3, 0.4) is 0 Å². The van der Waals surface area contributed by atoms with Crippen LogP contribution in [-0.2, 0) is 0 Å². The quantitative estimate of drug-likeness (QED) is 0.853. The zero-order valence-electron chi connectivity index (χ0n) is 12.1. The molecule has 2 aromatic heterocycles. The van der Waals surface area contributed by atoms with E-state index in [1.54, 1.807) is 18.4 Å². The molecule has 20 heavy (non-hydrogen) atoms. The van der Waals surface area contributed by atoms with E-state index in [0.29, 0.717) is 24.5 Å². The molecule has 0 aromatic carbocycles. The van der Waals surface area contributed by atoms with Gasteiger partial charge in [0.2, 0.25) is 11.9 Å². The van der Waals surface area contributed by atoms with Crippen molar-refractivity contribution in [3.8, 4) is 6.01 Å². The molecule has 0 bridgehead atoms. The van der Waals surface area contributed by atoms with E-state index in [0.717, 1.165) is 0 Å². The predicted molar refractivity (Wildman–Crippen MR) is 81.6 cm³/mol. The number of nitrogens with zero attached hydrogens (tertiary/aromatic N) is 3. The maximum absolute atomic E-state index is 5.34. The smallest absolute Gasteiger partial charge is 0.323 e. The van der Waals surface area contributed by atoms with Crippen molar-refractivity contribution in [2.75, 3.05) is 24.3 Å². The fourth-order valence-corrected chi connectivity index (χ4v) is 2.56. The van der Waals surface area contributed by atoms with Gasteiger partial charge in [0, 0.05) is 16.8 Å². The van der Waals surface area contributed by atoms with Crippen LogP contribution in [-0.4, -0.2) is 28.6 Å². The molecule has 2 aromatic rings. The Hall–Kier alpha value is -1.89. The van der Waals surface area contributed by atoms with Gasteiger partial charge in [0.05, 0.1) is 12.6 Å². The van der Waals surface area contributed by atoms with Crippen LogP contribution in [0.25, 0.3) is 0 Å². The van der Waals surface area contributed by atoms with Gasteiger partial charge in [-0.2, -0.15) is 15.0 Å². The fourth-order valence-electron chi connectivity index (χ4n) is 1.68. The summed E-state index contributed by atoms with van der Waals surface area (Å²) in [4.78, 5) is 15.2. The SMILES string of the molecule is CCOc1nc(NC)nc(NC(C)c2ccc(C)s2)n1. The van der Waals surface area contributed by atoms with Crippen LogP contribution in [0, 0.1) is 6.92 Å². The van der Waals surface area contributed by atoms with Gasteiger partial charge in [-0.1, -0.05) is 0 Å². The van der Waals surface area contributed by atoms with Gasteiger partial charge < -0.3 is 15.4 Å². The molecule has 0 saturated heterocycles. The van der Waals surface area contributed by atoms with Gasteiger partial charge in [-0.15, -0.1) is 11.3 Å². The third-order valence-corrected chi connectivity index (χ3v) is 3.83. The van der Waals surface area contributed by atoms with Crippen molar-refractivity contribution in [2.24, 2.45) is 0 Å². The Balaban J connectivity index is 2.17. The lowest BCUT2D eigenvalue weighted by Gasteiger charge is -2.13. The normalized spacial score (nSPS) is 12.0. The predicted octanol–water partition coefficient (Wildman–Crippen LogP) is 2.86. The molecule has 0 aliphatic rings. The number of nitrogens with one attached hydrogen (secondary N) is 2. The summed E-state index contributed by atoms with van der Waals surface area (Å²) in [6.45, 7) is 6.59. The summed E-state index contributed by atoms with van der Waals surface area (Å²) in [6.07, 6.45) is 0. The van der Waals surface area contributed by atoms with Gasteiger partial charge in [0.1, 0.15) is 0 Å². The van der Waals surface area contributed by atoms with Crippen molar-refractivity contribution in [3.05, 3.63) is 21.9 Å². The maximum Gasteiger partial charge on any atom is 0.323 e. The summed E-state index contributed by atoms with van der Waals surface area (Å²) < 4.78 is 5.34. The highest BCUT2D eigenvalue weighted by Gasteiger charge is 2.12. The van der Waals surface area contributed by atoms with Crippen LogP contribution < -0.4 is 15.4 Å². The van der Waals surface area contributed by atoms with E-state index < -0.39 is 0 Å². The molecule has 0 radical (unpaired) electrons. The number of ether oxygens (including phenoxy) is 1. The van der Waals surface area contributed by atoms with Crippen LogP contribution in [0.4, 0.5) is 11.9 Å². The lowest BCUT2D eigenvalue weighted by Crippen LogP contribution is -2.11. The monoisotopic (exact) mass is 293 g/mol. The highest BCUT2D eigenvalue weighted by Crippen LogP contribution is 2.25. The maximum atomic E-state index is 5.34. The molecule has 6 nitrogen and oxygen atoms in total. The molecule has 1 unspecified atom stereocenters. The highest BCUT2D eigenvalue weighted by atomic mass is 32.1. The second-order valence-electron chi connectivity index (χ2n) is 4.26. The average Bonchev–Trinajstić information content (AvgIpc) is 2.85. The van der Waals surface area contributed by atoms with Gasteiger partial charge in [-0.25, -0.2) is 0 Å². The minimum absolute atomic E-state index is 0.135. The van der Waals surface area contributed by atoms with Crippen molar-refractivity contribution >= 4 is 23.2 Å². The third-order valence-electron chi connectivity index (χ3n) is 2.65. The number of aromatic nitrogens is 3. The Morgan fingerprint density at radius 1 is 1.25 bits per heavy atom. The molecule has 1 atom stereocenters. The van der Waals surface area contributed by atoms with Crippen molar-refractivity contribution in [1.82, 2.24) is 15.0 Å². The molecule has 0 aliphatic heterocycles. The van der Waals surface area contributed by atoms with Gasteiger partial charge in [-0.05, 0) is 32.9 Å². The number of rotatable bonds is 6. The van der Waals surface area contributed by atoms with Gasteiger partial charge in [-0.3, -0.25) is 0 Å². The van der Waals surface area contributed by atoms with Crippen molar-refractivity contribution in [1.29, 1.82) is 0 Å². The fraction of sp³-hybridized carbons (Fsp3) is 0.462. The molecule has 2 rings (SSSR count). The Bertz CT molecular complexity index is 572. The third kappa shape index (κ3) is 3.57. The molecule has 0 fully saturated rings. The second kappa shape index (κ2) is 6.51. The Morgan fingerprint density at radius 2 is 2.00 bits per heavy atom. The Kier molecular flexibility index (Phi) is 4.73. The second-order valence-corrected chi connectivity index (χ2v) is 5.58. The minimum atomic E-state index is 0.135. The zero-order valence-corrected chi connectivity index (χ0v) is 12.9. The molecule has 7 heteroatoms. The molecular formula is C13H19N5OS. The van der Waals surface area contributed by atoms with Crippen molar-refractivity contribution in [3.63, 3.8) is 0 Å². The standard InChI is InChI=1S/C13H19N5OS/c1-5-19-13-17-11(14-4)16-12(18-13)15-9(3)10-7-6-8(2)20-10/h6-7,9H,5H2,1-4H3,(H2,14,15,16,17,18). The van der Waals surface area contributed by atoms with Crippen LogP contribution >= 0.6 is 11.3 Å².